The molecule has 1 fully saturated rings. The maximum Gasteiger partial charge on any atom is 0.307 e. The second-order valence-electron chi connectivity index (χ2n) is 5.82. The zero-order valence-corrected chi connectivity index (χ0v) is 12.6. The Balaban J connectivity index is 1.88. The summed E-state index contributed by atoms with van der Waals surface area (Å²) in [6, 6.07) is 5.32. The van der Waals surface area contributed by atoms with Crippen molar-refractivity contribution in [3.05, 3.63) is 29.3 Å². The number of rotatable bonds is 3. The fraction of sp³-hybridized carbons (Fsp3) is 0.533. The van der Waals surface area contributed by atoms with Crippen LogP contribution in [0, 0.1) is 5.92 Å². The van der Waals surface area contributed by atoms with E-state index in [4.69, 9.17) is 5.11 Å². The molecule has 1 aliphatic carbocycles. The van der Waals surface area contributed by atoms with Crippen LogP contribution in [-0.4, -0.2) is 36.9 Å². The lowest BCUT2D eigenvalue weighted by Crippen LogP contribution is -2.42. The van der Waals surface area contributed by atoms with E-state index in [0.717, 1.165) is 24.8 Å². The average Bonchev–Trinajstić information content (AvgIpc) is 2.94. The van der Waals surface area contributed by atoms with Gasteiger partial charge in [-0.25, -0.2) is 8.42 Å². The molecule has 1 unspecified atom stereocenters. The second kappa shape index (κ2) is 5.42. The highest BCUT2D eigenvalue weighted by Gasteiger charge is 2.33. The summed E-state index contributed by atoms with van der Waals surface area (Å²) in [4.78, 5) is 11.4. The molecule has 1 N–H and O–H groups in total. The van der Waals surface area contributed by atoms with Crippen LogP contribution in [-0.2, 0) is 27.7 Å². The van der Waals surface area contributed by atoms with Crippen LogP contribution in [0.1, 0.15) is 30.4 Å². The van der Waals surface area contributed by atoms with Crippen molar-refractivity contribution in [1.29, 1.82) is 0 Å². The van der Waals surface area contributed by atoms with Gasteiger partial charge in [-0.1, -0.05) is 6.07 Å². The third-order valence-corrected chi connectivity index (χ3v) is 6.30. The molecule has 6 heteroatoms. The Labute approximate surface area is 124 Å². The third-order valence-electron chi connectivity index (χ3n) is 4.44. The lowest BCUT2D eigenvalue weighted by molar-refractivity contribution is -0.142. The smallest absolute Gasteiger partial charge is 0.307 e. The summed E-state index contributed by atoms with van der Waals surface area (Å²) in [5, 5.41) is 9.10. The number of hydrogen-bond acceptors (Lipinski definition) is 3. The maximum absolute atomic E-state index is 12.7. The van der Waals surface area contributed by atoms with Crippen LogP contribution < -0.4 is 0 Å². The van der Waals surface area contributed by atoms with Gasteiger partial charge in [0.15, 0.2) is 0 Å². The van der Waals surface area contributed by atoms with Crippen LogP contribution in [0.4, 0.5) is 0 Å². The fourth-order valence-corrected chi connectivity index (χ4v) is 4.80. The minimum absolute atomic E-state index is 0.0781. The van der Waals surface area contributed by atoms with E-state index in [1.807, 2.05) is 6.07 Å². The molecule has 2 aliphatic rings. The van der Waals surface area contributed by atoms with Crippen LogP contribution in [0.2, 0.25) is 0 Å². The van der Waals surface area contributed by atoms with E-state index in [0.29, 0.717) is 24.3 Å². The number of sulfonamides is 1. The first kappa shape index (κ1) is 14.5. The first-order chi connectivity index (χ1) is 9.98. The molecule has 114 valence electrons. The van der Waals surface area contributed by atoms with Gasteiger partial charge in [-0.05, 0) is 55.4 Å². The lowest BCUT2D eigenvalue weighted by atomic mass is 10.0. The van der Waals surface area contributed by atoms with E-state index < -0.39 is 21.9 Å². The molecular formula is C15H19NO4S. The number of benzene rings is 1. The molecule has 0 saturated carbocycles. The van der Waals surface area contributed by atoms with Crippen molar-refractivity contribution < 1.29 is 18.3 Å². The molecule has 1 heterocycles. The Morgan fingerprint density at radius 3 is 2.71 bits per heavy atom. The molecule has 1 atom stereocenters. The maximum atomic E-state index is 12.7. The number of aryl methyl sites for hydroxylation is 2. The topological polar surface area (TPSA) is 74.7 Å². The van der Waals surface area contributed by atoms with Crippen molar-refractivity contribution in [3.63, 3.8) is 0 Å². The van der Waals surface area contributed by atoms with E-state index in [1.54, 1.807) is 12.1 Å². The minimum atomic E-state index is -3.58. The summed E-state index contributed by atoms with van der Waals surface area (Å²) < 4.78 is 26.7. The molecule has 1 aromatic rings. The van der Waals surface area contributed by atoms with E-state index in [1.165, 1.54) is 9.87 Å². The second-order valence-corrected chi connectivity index (χ2v) is 7.76. The van der Waals surface area contributed by atoms with Gasteiger partial charge in [-0.3, -0.25) is 4.79 Å². The highest BCUT2D eigenvalue weighted by atomic mass is 32.2. The predicted molar refractivity (Wildman–Crippen MR) is 77.6 cm³/mol. The van der Waals surface area contributed by atoms with Gasteiger partial charge in [0.2, 0.25) is 10.0 Å². The SMILES string of the molecule is O=C(O)C1CCCN(S(=O)(=O)c2ccc3c(c2)CCC3)C1. The summed E-state index contributed by atoms with van der Waals surface area (Å²) in [5.41, 5.74) is 2.35. The third kappa shape index (κ3) is 2.70. The summed E-state index contributed by atoms with van der Waals surface area (Å²) in [7, 11) is -3.58. The monoisotopic (exact) mass is 309 g/mol. The predicted octanol–water partition coefficient (Wildman–Crippen LogP) is 1.66. The molecule has 1 aromatic carbocycles. The lowest BCUT2D eigenvalue weighted by Gasteiger charge is -2.29. The quantitative estimate of drug-likeness (QED) is 0.921. The molecule has 0 radical (unpaired) electrons. The van der Waals surface area contributed by atoms with Crippen molar-refractivity contribution in [3.8, 4) is 0 Å². The molecule has 5 nitrogen and oxygen atoms in total. The Hall–Kier alpha value is -1.40. The van der Waals surface area contributed by atoms with E-state index in [9.17, 15) is 13.2 Å². The Bertz CT molecular complexity index is 668. The summed E-state index contributed by atoms with van der Waals surface area (Å²) in [6.07, 6.45) is 4.16. The fourth-order valence-electron chi connectivity index (χ4n) is 3.22. The van der Waals surface area contributed by atoms with Gasteiger partial charge in [0.05, 0.1) is 10.8 Å². The number of carboxylic acids is 1. The van der Waals surface area contributed by atoms with Crippen molar-refractivity contribution >= 4 is 16.0 Å². The number of aliphatic carboxylic acids is 1. The van der Waals surface area contributed by atoms with Gasteiger partial charge >= 0.3 is 5.97 Å². The number of piperidine rings is 1. The van der Waals surface area contributed by atoms with E-state index in [2.05, 4.69) is 0 Å². The van der Waals surface area contributed by atoms with Crippen molar-refractivity contribution in [2.75, 3.05) is 13.1 Å². The zero-order chi connectivity index (χ0) is 15.0. The van der Waals surface area contributed by atoms with Crippen molar-refractivity contribution in [2.24, 2.45) is 5.92 Å². The molecule has 0 spiro atoms. The number of carbonyl (C=O) groups is 1. The van der Waals surface area contributed by atoms with Crippen LogP contribution in [0.15, 0.2) is 23.1 Å². The molecular weight excluding hydrogens is 290 g/mol. The average molecular weight is 309 g/mol. The molecule has 1 saturated heterocycles. The van der Waals surface area contributed by atoms with Gasteiger partial charge in [-0.15, -0.1) is 0 Å². The number of fused-ring (bicyclic) bond motifs is 1. The Kier molecular flexibility index (Phi) is 3.75. The van der Waals surface area contributed by atoms with Gasteiger partial charge in [0, 0.05) is 13.1 Å². The van der Waals surface area contributed by atoms with Crippen LogP contribution in [0.5, 0.6) is 0 Å². The number of hydrogen-bond donors (Lipinski definition) is 1. The van der Waals surface area contributed by atoms with Crippen LogP contribution in [0.3, 0.4) is 0 Å². The standard InChI is InChI=1S/C15H19NO4S/c17-15(18)13-5-2-8-16(10-13)21(19,20)14-7-6-11-3-1-4-12(11)9-14/h6-7,9,13H,1-5,8,10H2,(H,17,18). The normalized spacial score (nSPS) is 23.0. The van der Waals surface area contributed by atoms with Crippen molar-refractivity contribution in [1.82, 2.24) is 4.31 Å². The molecule has 0 aromatic heterocycles. The zero-order valence-electron chi connectivity index (χ0n) is 11.8. The highest BCUT2D eigenvalue weighted by molar-refractivity contribution is 7.89. The van der Waals surface area contributed by atoms with Crippen LogP contribution in [0.25, 0.3) is 0 Å². The largest absolute Gasteiger partial charge is 0.481 e. The Morgan fingerprint density at radius 2 is 1.95 bits per heavy atom. The highest BCUT2D eigenvalue weighted by Crippen LogP contribution is 2.28. The number of nitrogens with zero attached hydrogens (tertiary/aromatic N) is 1. The molecule has 0 amide bonds. The summed E-state index contributed by atoms with van der Waals surface area (Å²) in [5.74, 6) is -1.51. The van der Waals surface area contributed by atoms with Gasteiger partial charge < -0.3 is 5.11 Å². The van der Waals surface area contributed by atoms with Gasteiger partial charge in [0.1, 0.15) is 0 Å². The van der Waals surface area contributed by atoms with E-state index in [-0.39, 0.29) is 6.54 Å². The number of carboxylic acid groups (broad SMARTS) is 1. The Morgan fingerprint density at radius 1 is 1.19 bits per heavy atom. The molecule has 21 heavy (non-hydrogen) atoms. The summed E-state index contributed by atoms with van der Waals surface area (Å²) >= 11 is 0. The van der Waals surface area contributed by atoms with Gasteiger partial charge in [-0.2, -0.15) is 4.31 Å². The first-order valence-electron chi connectivity index (χ1n) is 7.33. The molecule has 1 aliphatic heterocycles. The van der Waals surface area contributed by atoms with Crippen molar-refractivity contribution in [2.45, 2.75) is 37.0 Å². The summed E-state index contributed by atoms with van der Waals surface area (Å²) in [6.45, 7) is 0.484. The minimum Gasteiger partial charge on any atom is -0.481 e. The molecule has 0 bridgehead atoms. The first-order valence-corrected chi connectivity index (χ1v) is 8.77. The van der Waals surface area contributed by atoms with Crippen LogP contribution >= 0.6 is 0 Å². The van der Waals surface area contributed by atoms with E-state index >= 15 is 0 Å². The van der Waals surface area contributed by atoms with Gasteiger partial charge in [0.25, 0.3) is 0 Å². The molecule has 3 rings (SSSR count).